The number of hydrogen-bond donors (Lipinski definition) is 1. The Morgan fingerprint density at radius 2 is 2.30 bits per heavy atom. The monoisotopic (exact) mass is 319 g/mol. The third kappa shape index (κ3) is 2.88. The second-order valence-electron chi connectivity index (χ2n) is 4.74. The summed E-state index contributed by atoms with van der Waals surface area (Å²) in [6.07, 6.45) is 0.495. The molecule has 1 aromatic rings. The van der Waals surface area contributed by atoms with Crippen molar-refractivity contribution in [3.63, 3.8) is 0 Å². The highest BCUT2D eigenvalue weighted by Crippen LogP contribution is 2.28. The van der Waals surface area contributed by atoms with Crippen LogP contribution in [0.25, 0.3) is 0 Å². The van der Waals surface area contributed by atoms with Crippen molar-refractivity contribution in [2.75, 3.05) is 13.2 Å². The normalized spacial score (nSPS) is 24.7. The summed E-state index contributed by atoms with van der Waals surface area (Å²) in [6.45, 7) is 4.39. The highest BCUT2D eigenvalue weighted by molar-refractivity contribution is 7.91. The fourth-order valence-electron chi connectivity index (χ4n) is 2.11. The van der Waals surface area contributed by atoms with E-state index in [0.717, 1.165) is 11.3 Å². The van der Waals surface area contributed by atoms with Crippen LogP contribution in [0.15, 0.2) is 15.7 Å². The van der Waals surface area contributed by atoms with Gasteiger partial charge in [-0.05, 0) is 19.4 Å². The first-order valence-electron chi connectivity index (χ1n) is 6.31. The van der Waals surface area contributed by atoms with Crippen LogP contribution in [0.5, 0.6) is 0 Å². The third-order valence-corrected chi connectivity index (χ3v) is 6.61. The number of rotatable bonds is 4. The van der Waals surface area contributed by atoms with Gasteiger partial charge in [-0.2, -0.15) is 4.31 Å². The number of morpholine rings is 1. The lowest BCUT2D eigenvalue weighted by Crippen LogP contribution is -2.50. The van der Waals surface area contributed by atoms with E-state index in [1.807, 2.05) is 13.8 Å². The second-order valence-corrected chi connectivity index (χ2v) is 7.77. The van der Waals surface area contributed by atoms with Crippen LogP contribution < -0.4 is 0 Å². The SMILES string of the molecule is CCC1COC(C)CN1S(=O)(=O)c1cc(C(=O)O)cs1. The number of carboxylic acids is 1. The summed E-state index contributed by atoms with van der Waals surface area (Å²) in [5.41, 5.74) is 0.00271. The summed E-state index contributed by atoms with van der Waals surface area (Å²) in [6, 6.07) is 1.02. The molecule has 1 aliphatic heterocycles. The van der Waals surface area contributed by atoms with Crippen molar-refractivity contribution in [1.29, 1.82) is 0 Å². The predicted molar refractivity (Wildman–Crippen MR) is 74.7 cm³/mol. The van der Waals surface area contributed by atoms with Gasteiger partial charge in [0.15, 0.2) is 0 Å². The Hall–Kier alpha value is -0.960. The van der Waals surface area contributed by atoms with Gasteiger partial charge >= 0.3 is 5.97 Å². The number of aromatic carboxylic acids is 1. The molecular weight excluding hydrogens is 302 g/mol. The van der Waals surface area contributed by atoms with E-state index in [1.165, 1.54) is 15.8 Å². The van der Waals surface area contributed by atoms with E-state index < -0.39 is 16.0 Å². The van der Waals surface area contributed by atoms with Gasteiger partial charge in [-0.15, -0.1) is 11.3 Å². The van der Waals surface area contributed by atoms with Gasteiger partial charge < -0.3 is 9.84 Å². The second kappa shape index (κ2) is 5.80. The summed E-state index contributed by atoms with van der Waals surface area (Å²) in [4.78, 5) is 10.9. The van der Waals surface area contributed by atoms with Crippen LogP contribution in [0.4, 0.5) is 0 Å². The van der Waals surface area contributed by atoms with Crippen LogP contribution in [0.1, 0.15) is 30.6 Å². The van der Waals surface area contributed by atoms with Gasteiger partial charge in [0, 0.05) is 18.0 Å². The fraction of sp³-hybridized carbons (Fsp3) is 0.583. The Kier molecular flexibility index (Phi) is 4.48. The number of thiophene rings is 1. The van der Waals surface area contributed by atoms with Crippen molar-refractivity contribution in [2.45, 2.75) is 36.6 Å². The molecule has 0 spiro atoms. The van der Waals surface area contributed by atoms with E-state index in [9.17, 15) is 13.2 Å². The molecule has 6 nitrogen and oxygen atoms in total. The van der Waals surface area contributed by atoms with E-state index in [4.69, 9.17) is 9.84 Å². The van der Waals surface area contributed by atoms with E-state index in [0.29, 0.717) is 19.6 Å². The molecule has 112 valence electrons. The van der Waals surface area contributed by atoms with E-state index >= 15 is 0 Å². The van der Waals surface area contributed by atoms with Crippen LogP contribution in [0, 0.1) is 0 Å². The minimum absolute atomic E-state index is 0.00271. The summed E-state index contributed by atoms with van der Waals surface area (Å²) in [5, 5.41) is 10.2. The molecule has 8 heteroatoms. The van der Waals surface area contributed by atoms with Gasteiger partial charge in [0.2, 0.25) is 0 Å². The lowest BCUT2D eigenvalue weighted by atomic mass is 10.2. The maximum absolute atomic E-state index is 12.6. The summed E-state index contributed by atoms with van der Waals surface area (Å²) in [5.74, 6) is -1.12. The van der Waals surface area contributed by atoms with Crippen LogP contribution in [-0.2, 0) is 14.8 Å². The zero-order valence-electron chi connectivity index (χ0n) is 11.3. The van der Waals surface area contributed by atoms with Crippen molar-refractivity contribution in [3.8, 4) is 0 Å². The average molecular weight is 319 g/mol. The van der Waals surface area contributed by atoms with Gasteiger partial charge in [-0.3, -0.25) is 0 Å². The molecule has 2 unspecified atom stereocenters. The van der Waals surface area contributed by atoms with E-state index in [1.54, 1.807) is 0 Å². The maximum atomic E-state index is 12.6. The largest absolute Gasteiger partial charge is 0.478 e. The molecule has 0 aromatic carbocycles. The van der Waals surface area contributed by atoms with Crippen LogP contribution in [-0.4, -0.2) is 49.1 Å². The van der Waals surface area contributed by atoms with Gasteiger partial charge in [0.25, 0.3) is 10.0 Å². The number of sulfonamides is 1. The Morgan fingerprint density at radius 3 is 2.85 bits per heavy atom. The summed E-state index contributed by atoms with van der Waals surface area (Å²) >= 11 is 0.941. The van der Waals surface area contributed by atoms with Gasteiger partial charge in [-0.25, -0.2) is 13.2 Å². The molecule has 1 fully saturated rings. The summed E-state index contributed by atoms with van der Waals surface area (Å²) in [7, 11) is -3.66. The van der Waals surface area contributed by atoms with Crippen LogP contribution >= 0.6 is 11.3 Å². The molecular formula is C12H17NO5S2. The molecule has 2 atom stereocenters. The molecule has 0 amide bonds. The Bertz CT molecular complexity index is 595. The summed E-state index contributed by atoms with van der Waals surface area (Å²) < 4.78 is 32.2. The topological polar surface area (TPSA) is 83.9 Å². The predicted octanol–water partition coefficient (Wildman–Crippen LogP) is 1.63. The molecule has 0 saturated carbocycles. The van der Waals surface area contributed by atoms with Crippen molar-refractivity contribution >= 4 is 27.3 Å². The number of nitrogens with zero attached hydrogens (tertiary/aromatic N) is 1. The molecule has 2 heterocycles. The lowest BCUT2D eigenvalue weighted by molar-refractivity contribution is -0.0229. The standard InChI is InChI=1S/C12H17NO5S2/c1-3-10-6-18-8(2)5-13(10)20(16,17)11-4-9(7-19-11)12(14)15/h4,7-8,10H,3,5-6H2,1-2H3,(H,14,15). The number of carboxylic acid groups (broad SMARTS) is 1. The quantitative estimate of drug-likeness (QED) is 0.912. The molecule has 0 radical (unpaired) electrons. The zero-order chi connectivity index (χ0) is 14.9. The van der Waals surface area contributed by atoms with Gasteiger partial charge in [0.05, 0.1) is 18.3 Å². The highest BCUT2D eigenvalue weighted by Gasteiger charge is 2.36. The van der Waals surface area contributed by atoms with Crippen molar-refractivity contribution in [1.82, 2.24) is 4.31 Å². The first kappa shape index (κ1) is 15.4. The molecule has 2 rings (SSSR count). The lowest BCUT2D eigenvalue weighted by Gasteiger charge is -2.36. The van der Waals surface area contributed by atoms with E-state index in [-0.39, 0.29) is 21.9 Å². The molecule has 20 heavy (non-hydrogen) atoms. The number of ether oxygens (including phenoxy) is 1. The maximum Gasteiger partial charge on any atom is 0.336 e. The smallest absolute Gasteiger partial charge is 0.336 e. The molecule has 1 aromatic heterocycles. The van der Waals surface area contributed by atoms with Crippen molar-refractivity contribution in [2.24, 2.45) is 0 Å². The van der Waals surface area contributed by atoms with Gasteiger partial charge in [0.1, 0.15) is 4.21 Å². The van der Waals surface area contributed by atoms with Crippen LogP contribution in [0.3, 0.4) is 0 Å². The minimum Gasteiger partial charge on any atom is -0.478 e. The number of carbonyl (C=O) groups is 1. The third-order valence-electron chi connectivity index (χ3n) is 3.27. The fourth-order valence-corrected chi connectivity index (χ4v) is 5.15. The van der Waals surface area contributed by atoms with E-state index in [2.05, 4.69) is 0 Å². The van der Waals surface area contributed by atoms with Crippen molar-refractivity contribution < 1.29 is 23.1 Å². The molecule has 0 bridgehead atoms. The van der Waals surface area contributed by atoms with Crippen molar-refractivity contribution in [3.05, 3.63) is 17.0 Å². The molecule has 0 aliphatic carbocycles. The van der Waals surface area contributed by atoms with Crippen LogP contribution in [0.2, 0.25) is 0 Å². The first-order valence-corrected chi connectivity index (χ1v) is 8.63. The highest BCUT2D eigenvalue weighted by atomic mass is 32.2. The molecule has 1 N–H and O–H groups in total. The number of hydrogen-bond acceptors (Lipinski definition) is 5. The average Bonchev–Trinajstić information content (AvgIpc) is 2.89. The van der Waals surface area contributed by atoms with Gasteiger partial charge in [-0.1, -0.05) is 6.92 Å². The zero-order valence-corrected chi connectivity index (χ0v) is 12.9. The Labute approximate surface area is 122 Å². The Morgan fingerprint density at radius 1 is 1.60 bits per heavy atom. The molecule has 1 aliphatic rings. The first-order chi connectivity index (χ1) is 9.36. The minimum atomic E-state index is -3.66. The Balaban J connectivity index is 2.33. The molecule has 1 saturated heterocycles.